The third-order valence-corrected chi connectivity index (χ3v) is 3.01. The largest absolute Gasteiger partial charge is 0.444 e. The predicted molar refractivity (Wildman–Crippen MR) is 72.6 cm³/mol. The fourth-order valence-corrected chi connectivity index (χ4v) is 1.81. The maximum absolute atomic E-state index is 12.0. The van der Waals surface area contributed by atoms with Gasteiger partial charge in [-0.3, -0.25) is 4.79 Å². The number of aryl methyl sites for hydroxylation is 2. The Hall–Kier alpha value is -2.61. The number of hydrogen-bond acceptors (Lipinski definition) is 4. The van der Waals surface area contributed by atoms with Gasteiger partial charge in [-0.15, -0.1) is 0 Å². The lowest BCUT2D eigenvalue weighted by Crippen LogP contribution is -2.28. The van der Waals surface area contributed by atoms with E-state index in [1.807, 2.05) is 26.0 Å². The van der Waals surface area contributed by atoms with Crippen LogP contribution in [-0.2, 0) is 11.3 Å². The van der Waals surface area contributed by atoms with Crippen molar-refractivity contribution < 1.29 is 9.21 Å². The summed E-state index contributed by atoms with van der Waals surface area (Å²) in [6, 6.07) is 11.0. The van der Waals surface area contributed by atoms with Crippen molar-refractivity contribution in [2.24, 2.45) is 0 Å². The average molecular weight is 269 g/mol. The molecular weight excluding hydrogens is 254 g/mol. The van der Waals surface area contributed by atoms with Crippen molar-refractivity contribution in [3.8, 4) is 6.07 Å². The number of rotatable bonds is 4. The highest BCUT2D eigenvalue weighted by Crippen LogP contribution is 2.15. The van der Waals surface area contributed by atoms with E-state index in [2.05, 4.69) is 10.3 Å². The van der Waals surface area contributed by atoms with E-state index in [-0.39, 0.29) is 12.5 Å². The normalized spacial score (nSPS) is 11.7. The zero-order valence-corrected chi connectivity index (χ0v) is 11.4. The van der Waals surface area contributed by atoms with Crippen molar-refractivity contribution in [3.63, 3.8) is 0 Å². The molecular formula is C15H15N3O2. The quantitative estimate of drug-likeness (QED) is 0.923. The molecule has 0 saturated heterocycles. The molecule has 2 rings (SSSR count). The lowest BCUT2D eigenvalue weighted by Gasteiger charge is -2.09. The minimum atomic E-state index is -0.826. The number of amides is 1. The van der Waals surface area contributed by atoms with Crippen LogP contribution in [0.15, 0.2) is 34.7 Å². The van der Waals surface area contributed by atoms with Crippen LogP contribution in [0.1, 0.15) is 28.8 Å². The molecule has 5 nitrogen and oxygen atoms in total. The molecule has 0 saturated carbocycles. The molecule has 1 aromatic heterocycles. The topological polar surface area (TPSA) is 78.9 Å². The second-order valence-corrected chi connectivity index (χ2v) is 4.44. The number of nitriles is 1. The Labute approximate surface area is 117 Å². The SMILES string of the molecule is Cc1nc(CNC(=O)C(C#N)c2ccccc2)oc1C. The monoisotopic (exact) mass is 269 g/mol. The standard InChI is InChI=1S/C15H15N3O2/c1-10-11(2)20-14(18-10)9-17-15(19)13(8-16)12-6-4-3-5-7-12/h3-7,13H,9H2,1-2H3,(H,17,19). The van der Waals surface area contributed by atoms with Gasteiger partial charge in [-0.05, 0) is 19.4 Å². The van der Waals surface area contributed by atoms with E-state index >= 15 is 0 Å². The van der Waals surface area contributed by atoms with Crippen molar-refractivity contribution in [2.75, 3.05) is 0 Å². The van der Waals surface area contributed by atoms with Gasteiger partial charge < -0.3 is 9.73 Å². The summed E-state index contributed by atoms with van der Waals surface area (Å²) in [6.45, 7) is 3.83. The van der Waals surface area contributed by atoms with E-state index in [1.165, 1.54) is 0 Å². The first-order chi connectivity index (χ1) is 9.61. The van der Waals surface area contributed by atoms with Crippen LogP contribution in [0.4, 0.5) is 0 Å². The summed E-state index contributed by atoms with van der Waals surface area (Å²) in [7, 11) is 0. The van der Waals surface area contributed by atoms with Crippen LogP contribution in [0.25, 0.3) is 0 Å². The number of carbonyl (C=O) groups excluding carboxylic acids is 1. The number of nitrogens with zero attached hydrogens (tertiary/aromatic N) is 2. The van der Waals surface area contributed by atoms with Crippen LogP contribution >= 0.6 is 0 Å². The Morgan fingerprint density at radius 1 is 1.40 bits per heavy atom. The van der Waals surface area contributed by atoms with Crippen molar-refractivity contribution >= 4 is 5.91 Å². The summed E-state index contributed by atoms with van der Waals surface area (Å²) in [4.78, 5) is 16.2. The van der Waals surface area contributed by atoms with Gasteiger partial charge in [-0.1, -0.05) is 30.3 Å². The van der Waals surface area contributed by atoms with E-state index in [4.69, 9.17) is 9.68 Å². The van der Waals surface area contributed by atoms with Crippen LogP contribution in [0.5, 0.6) is 0 Å². The van der Waals surface area contributed by atoms with Gasteiger partial charge in [-0.2, -0.15) is 5.26 Å². The molecule has 0 spiro atoms. The minimum absolute atomic E-state index is 0.179. The van der Waals surface area contributed by atoms with Gasteiger partial charge in [0.25, 0.3) is 0 Å². The molecule has 1 atom stereocenters. The van der Waals surface area contributed by atoms with Crippen molar-refractivity contribution in [3.05, 3.63) is 53.2 Å². The van der Waals surface area contributed by atoms with E-state index < -0.39 is 5.92 Å². The summed E-state index contributed by atoms with van der Waals surface area (Å²) in [5, 5.41) is 11.8. The summed E-state index contributed by atoms with van der Waals surface area (Å²) in [6.07, 6.45) is 0. The Kier molecular flexibility index (Phi) is 4.16. The molecule has 0 radical (unpaired) electrons. The van der Waals surface area contributed by atoms with Crippen LogP contribution in [-0.4, -0.2) is 10.9 Å². The van der Waals surface area contributed by atoms with Gasteiger partial charge >= 0.3 is 0 Å². The lowest BCUT2D eigenvalue weighted by molar-refractivity contribution is -0.121. The van der Waals surface area contributed by atoms with Crippen LogP contribution in [0.2, 0.25) is 0 Å². The second kappa shape index (κ2) is 6.02. The lowest BCUT2D eigenvalue weighted by atomic mass is 10.00. The molecule has 1 amide bonds. The van der Waals surface area contributed by atoms with E-state index in [1.54, 1.807) is 24.3 Å². The highest BCUT2D eigenvalue weighted by molar-refractivity contribution is 5.86. The maximum Gasteiger partial charge on any atom is 0.242 e. The second-order valence-electron chi connectivity index (χ2n) is 4.44. The molecule has 0 aliphatic carbocycles. The molecule has 0 fully saturated rings. The van der Waals surface area contributed by atoms with Crippen LogP contribution in [0, 0.1) is 25.2 Å². The maximum atomic E-state index is 12.0. The molecule has 0 aliphatic rings. The molecule has 1 unspecified atom stereocenters. The minimum Gasteiger partial charge on any atom is -0.444 e. The Balaban J connectivity index is 2.02. The summed E-state index contributed by atoms with van der Waals surface area (Å²) in [5.74, 6) is -0.00666. The number of nitrogens with one attached hydrogen (secondary N) is 1. The highest BCUT2D eigenvalue weighted by atomic mass is 16.4. The third kappa shape index (κ3) is 3.04. The van der Waals surface area contributed by atoms with E-state index in [0.29, 0.717) is 11.5 Å². The average Bonchev–Trinajstić information content (AvgIpc) is 2.78. The molecule has 5 heteroatoms. The number of oxazole rings is 1. The van der Waals surface area contributed by atoms with Gasteiger partial charge in [0.05, 0.1) is 18.3 Å². The summed E-state index contributed by atoms with van der Waals surface area (Å²) < 4.78 is 5.38. The van der Waals surface area contributed by atoms with Crippen LogP contribution in [0.3, 0.4) is 0 Å². The van der Waals surface area contributed by atoms with E-state index in [9.17, 15) is 4.79 Å². The van der Waals surface area contributed by atoms with Crippen molar-refractivity contribution in [1.82, 2.24) is 10.3 Å². The van der Waals surface area contributed by atoms with Crippen molar-refractivity contribution in [2.45, 2.75) is 26.3 Å². The Bertz CT molecular complexity index is 621. The molecule has 2 aromatic rings. The van der Waals surface area contributed by atoms with Gasteiger partial charge in [-0.25, -0.2) is 4.98 Å². The Morgan fingerprint density at radius 2 is 2.10 bits per heavy atom. The smallest absolute Gasteiger partial charge is 0.242 e. The Morgan fingerprint density at radius 3 is 2.65 bits per heavy atom. The highest BCUT2D eigenvalue weighted by Gasteiger charge is 2.20. The molecule has 0 aliphatic heterocycles. The number of aromatic nitrogens is 1. The number of carbonyl (C=O) groups is 1. The molecule has 20 heavy (non-hydrogen) atoms. The van der Waals surface area contributed by atoms with Crippen LogP contribution < -0.4 is 5.32 Å². The van der Waals surface area contributed by atoms with Gasteiger partial charge in [0.1, 0.15) is 11.7 Å². The van der Waals surface area contributed by atoms with Gasteiger partial charge in [0.2, 0.25) is 11.8 Å². The molecule has 0 bridgehead atoms. The predicted octanol–water partition coefficient (Wildman–Crippen LogP) is 2.22. The first-order valence-corrected chi connectivity index (χ1v) is 6.27. The number of hydrogen-bond donors (Lipinski definition) is 1. The first kappa shape index (κ1) is 13.8. The third-order valence-electron chi connectivity index (χ3n) is 3.01. The fourth-order valence-electron chi connectivity index (χ4n) is 1.81. The summed E-state index contributed by atoms with van der Waals surface area (Å²) >= 11 is 0. The molecule has 1 N–H and O–H groups in total. The zero-order chi connectivity index (χ0) is 14.5. The zero-order valence-electron chi connectivity index (χ0n) is 11.4. The van der Waals surface area contributed by atoms with Crippen molar-refractivity contribution in [1.29, 1.82) is 5.26 Å². The molecule has 1 aromatic carbocycles. The first-order valence-electron chi connectivity index (χ1n) is 6.27. The molecule has 1 heterocycles. The van der Waals surface area contributed by atoms with E-state index in [0.717, 1.165) is 11.5 Å². The molecule has 102 valence electrons. The van der Waals surface area contributed by atoms with Gasteiger partial charge in [0.15, 0.2) is 0 Å². The fraction of sp³-hybridized carbons (Fsp3) is 0.267. The summed E-state index contributed by atoms with van der Waals surface area (Å²) in [5.41, 5.74) is 1.47. The number of benzene rings is 1. The van der Waals surface area contributed by atoms with Gasteiger partial charge in [0, 0.05) is 0 Å².